The minimum absolute atomic E-state index is 0.266. The lowest BCUT2D eigenvalue weighted by Gasteiger charge is -2.33. The standard InChI is InChI=1S/C21H24N6O3/c1-3-27-20-17(10-22-27)19(26-11-15-8-9-16(12-26)30-15)24-18(25-20)13-4-6-14(7-5-13)23-21(28)29-2/h4-7,10,15-16H,3,8-9,11-12H2,1-2H3,(H,23,28). The van der Waals surface area contributed by atoms with Crippen molar-refractivity contribution in [1.29, 1.82) is 0 Å². The number of anilines is 2. The largest absolute Gasteiger partial charge is 0.453 e. The molecule has 2 fully saturated rings. The minimum atomic E-state index is -0.503. The molecule has 2 aliphatic rings. The van der Waals surface area contributed by atoms with Crippen LogP contribution in [0, 0.1) is 0 Å². The Morgan fingerprint density at radius 2 is 1.93 bits per heavy atom. The Bertz CT molecular complexity index is 1070. The predicted molar refractivity (Wildman–Crippen MR) is 113 cm³/mol. The van der Waals surface area contributed by atoms with Crippen LogP contribution in [-0.4, -0.2) is 58.2 Å². The van der Waals surface area contributed by atoms with Crippen molar-refractivity contribution in [3.05, 3.63) is 30.5 Å². The van der Waals surface area contributed by atoms with E-state index in [2.05, 4.69) is 27.0 Å². The molecule has 1 N–H and O–H groups in total. The van der Waals surface area contributed by atoms with Gasteiger partial charge in [-0.25, -0.2) is 19.4 Å². The van der Waals surface area contributed by atoms with E-state index < -0.39 is 6.09 Å². The van der Waals surface area contributed by atoms with Gasteiger partial charge in [-0.1, -0.05) is 0 Å². The zero-order valence-electron chi connectivity index (χ0n) is 17.0. The zero-order valence-corrected chi connectivity index (χ0v) is 17.0. The van der Waals surface area contributed by atoms with Gasteiger partial charge in [0.15, 0.2) is 11.5 Å². The summed E-state index contributed by atoms with van der Waals surface area (Å²) in [4.78, 5) is 23.5. The molecule has 3 aromatic rings. The molecule has 9 nitrogen and oxygen atoms in total. The first kappa shape index (κ1) is 18.8. The highest BCUT2D eigenvalue weighted by atomic mass is 16.5. The number of hydrogen-bond donors (Lipinski definition) is 1. The van der Waals surface area contributed by atoms with Gasteiger partial charge >= 0.3 is 6.09 Å². The summed E-state index contributed by atoms with van der Waals surface area (Å²) in [5.41, 5.74) is 2.34. The molecule has 2 bridgehead atoms. The van der Waals surface area contributed by atoms with Crippen LogP contribution in [0.4, 0.5) is 16.3 Å². The Morgan fingerprint density at radius 3 is 2.60 bits per heavy atom. The third-order valence-corrected chi connectivity index (χ3v) is 5.69. The summed E-state index contributed by atoms with van der Waals surface area (Å²) < 4.78 is 12.5. The lowest BCUT2D eigenvalue weighted by Crippen LogP contribution is -2.43. The van der Waals surface area contributed by atoms with E-state index in [1.807, 2.05) is 35.1 Å². The number of morpholine rings is 1. The number of methoxy groups -OCH3 is 1. The quantitative estimate of drug-likeness (QED) is 0.709. The minimum Gasteiger partial charge on any atom is -0.453 e. The smallest absolute Gasteiger partial charge is 0.411 e. The number of nitrogens with zero attached hydrogens (tertiary/aromatic N) is 5. The molecule has 2 aliphatic heterocycles. The topological polar surface area (TPSA) is 94.4 Å². The number of amides is 1. The molecule has 5 rings (SSSR count). The number of ether oxygens (including phenoxy) is 2. The van der Waals surface area contributed by atoms with E-state index in [-0.39, 0.29) is 12.2 Å². The van der Waals surface area contributed by atoms with Gasteiger partial charge in [-0.05, 0) is 44.0 Å². The Hall–Kier alpha value is -3.20. The molecule has 2 aromatic heterocycles. The first-order chi connectivity index (χ1) is 14.6. The van der Waals surface area contributed by atoms with Crippen molar-refractivity contribution in [3.8, 4) is 11.4 Å². The molecule has 0 saturated carbocycles. The second-order valence-corrected chi connectivity index (χ2v) is 7.62. The van der Waals surface area contributed by atoms with Crippen LogP contribution in [0.3, 0.4) is 0 Å². The van der Waals surface area contributed by atoms with E-state index in [4.69, 9.17) is 14.7 Å². The Labute approximate surface area is 174 Å². The van der Waals surface area contributed by atoms with Crippen molar-refractivity contribution >= 4 is 28.6 Å². The van der Waals surface area contributed by atoms with Gasteiger partial charge in [-0.2, -0.15) is 5.10 Å². The van der Waals surface area contributed by atoms with Crippen molar-refractivity contribution in [2.24, 2.45) is 0 Å². The first-order valence-electron chi connectivity index (χ1n) is 10.2. The van der Waals surface area contributed by atoms with Crippen molar-refractivity contribution in [2.75, 3.05) is 30.4 Å². The van der Waals surface area contributed by atoms with Crippen molar-refractivity contribution in [3.63, 3.8) is 0 Å². The van der Waals surface area contributed by atoms with Crippen molar-refractivity contribution < 1.29 is 14.3 Å². The van der Waals surface area contributed by atoms with Crippen LogP contribution in [0.15, 0.2) is 30.5 Å². The summed E-state index contributed by atoms with van der Waals surface area (Å²) in [6, 6.07) is 7.41. The van der Waals surface area contributed by atoms with Gasteiger partial charge in [-0.3, -0.25) is 5.32 Å². The third-order valence-electron chi connectivity index (χ3n) is 5.69. The summed E-state index contributed by atoms with van der Waals surface area (Å²) >= 11 is 0. The number of hydrogen-bond acceptors (Lipinski definition) is 7. The molecule has 0 spiro atoms. The Morgan fingerprint density at radius 1 is 1.20 bits per heavy atom. The van der Waals surface area contributed by atoms with Gasteiger partial charge in [0.2, 0.25) is 0 Å². The maximum absolute atomic E-state index is 11.4. The molecular weight excluding hydrogens is 384 g/mol. The van der Waals surface area contributed by atoms with Crippen LogP contribution in [-0.2, 0) is 16.0 Å². The van der Waals surface area contributed by atoms with E-state index in [0.717, 1.165) is 54.9 Å². The number of carbonyl (C=O) groups excluding carboxylic acids is 1. The van der Waals surface area contributed by atoms with E-state index in [0.29, 0.717) is 11.5 Å². The molecule has 9 heteroatoms. The number of nitrogens with one attached hydrogen (secondary N) is 1. The van der Waals surface area contributed by atoms with Crippen LogP contribution in [0.25, 0.3) is 22.4 Å². The lowest BCUT2D eigenvalue weighted by atomic mass is 10.2. The molecular formula is C21H24N6O3. The number of carbonyl (C=O) groups is 1. The number of fused-ring (bicyclic) bond motifs is 3. The van der Waals surface area contributed by atoms with E-state index in [1.165, 1.54) is 7.11 Å². The van der Waals surface area contributed by atoms with E-state index in [9.17, 15) is 4.79 Å². The maximum atomic E-state index is 11.4. The first-order valence-corrected chi connectivity index (χ1v) is 10.2. The molecule has 2 saturated heterocycles. The lowest BCUT2D eigenvalue weighted by molar-refractivity contribution is 0.0303. The fourth-order valence-electron chi connectivity index (χ4n) is 4.20. The van der Waals surface area contributed by atoms with Crippen LogP contribution >= 0.6 is 0 Å². The van der Waals surface area contributed by atoms with Crippen LogP contribution in [0.5, 0.6) is 0 Å². The summed E-state index contributed by atoms with van der Waals surface area (Å²) in [6.45, 7) is 4.45. The predicted octanol–water partition coefficient (Wildman–Crippen LogP) is 3.06. The summed E-state index contributed by atoms with van der Waals surface area (Å²) in [5.74, 6) is 1.54. The maximum Gasteiger partial charge on any atom is 0.411 e. The zero-order chi connectivity index (χ0) is 20.7. The SMILES string of the molecule is CCn1ncc2c(N3CC4CCC(C3)O4)nc(-c3ccc(NC(=O)OC)cc3)nc21. The van der Waals surface area contributed by atoms with Crippen molar-refractivity contribution in [1.82, 2.24) is 19.7 Å². The number of rotatable bonds is 4. The van der Waals surface area contributed by atoms with Crippen LogP contribution in [0.1, 0.15) is 19.8 Å². The molecule has 1 aromatic carbocycles. The normalized spacial score (nSPS) is 20.5. The fourth-order valence-corrected chi connectivity index (χ4v) is 4.20. The van der Waals surface area contributed by atoms with Crippen LogP contribution in [0.2, 0.25) is 0 Å². The van der Waals surface area contributed by atoms with E-state index in [1.54, 1.807) is 0 Å². The number of benzene rings is 1. The summed E-state index contributed by atoms with van der Waals surface area (Å²) in [5, 5.41) is 8.13. The Balaban J connectivity index is 1.54. The number of aryl methyl sites for hydroxylation is 1. The van der Waals surface area contributed by atoms with Gasteiger partial charge < -0.3 is 14.4 Å². The van der Waals surface area contributed by atoms with Gasteiger partial charge in [-0.15, -0.1) is 0 Å². The average molecular weight is 408 g/mol. The highest BCUT2D eigenvalue weighted by Gasteiger charge is 2.35. The fraction of sp³-hybridized carbons (Fsp3) is 0.429. The molecule has 30 heavy (non-hydrogen) atoms. The molecule has 4 heterocycles. The average Bonchev–Trinajstić information content (AvgIpc) is 3.35. The summed E-state index contributed by atoms with van der Waals surface area (Å²) in [6.07, 6.45) is 4.09. The highest BCUT2D eigenvalue weighted by molar-refractivity contribution is 5.89. The van der Waals surface area contributed by atoms with Gasteiger partial charge in [0.05, 0.1) is 30.9 Å². The van der Waals surface area contributed by atoms with Crippen molar-refractivity contribution in [2.45, 2.75) is 38.5 Å². The number of aromatic nitrogens is 4. The van der Waals surface area contributed by atoms with Gasteiger partial charge in [0.1, 0.15) is 5.82 Å². The molecule has 2 atom stereocenters. The van der Waals surface area contributed by atoms with E-state index >= 15 is 0 Å². The second kappa shape index (κ2) is 7.56. The molecule has 2 unspecified atom stereocenters. The summed E-state index contributed by atoms with van der Waals surface area (Å²) in [7, 11) is 1.34. The second-order valence-electron chi connectivity index (χ2n) is 7.62. The molecule has 0 aliphatic carbocycles. The van der Waals surface area contributed by atoms with Gasteiger partial charge in [0.25, 0.3) is 0 Å². The molecule has 0 radical (unpaired) electrons. The monoisotopic (exact) mass is 408 g/mol. The highest BCUT2D eigenvalue weighted by Crippen LogP contribution is 2.33. The molecule has 156 valence electrons. The van der Waals surface area contributed by atoms with Crippen LogP contribution < -0.4 is 10.2 Å². The Kier molecular flexibility index (Phi) is 4.74. The third kappa shape index (κ3) is 3.35. The molecule has 1 amide bonds. The van der Waals surface area contributed by atoms with Gasteiger partial charge in [0, 0.05) is 30.9 Å².